The van der Waals surface area contributed by atoms with Gasteiger partial charge in [-0.1, -0.05) is 32.2 Å². The molecular weight excluding hydrogens is 1210 g/mol. The van der Waals surface area contributed by atoms with Crippen molar-refractivity contribution in [2.45, 2.75) is 300 Å². The molecule has 8 N–H and O–H groups in total. The normalized spacial score (nSPS) is 47.6. The third-order valence-electron chi connectivity index (χ3n) is 21.3. The number of fused-ring (bicyclic) bond motifs is 10. The molecule has 28 heteroatoms. The molecule has 11 rings (SSSR count). The van der Waals surface area contributed by atoms with Gasteiger partial charge in [0.25, 0.3) is 0 Å². The number of aliphatic hydroxyl groups excluding tert-OH is 4. The molecule has 11 heterocycles. The Labute approximate surface area is 521 Å². The van der Waals surface area contributed by atoms with Crippen LogP contribution >= 0.6 is 0 Å². The predicted octanol–water partition coefficient (Wildman–Crippen LogP) is 3.57. The first-order valence-electron chi connectivity index (χ1n) is 31.5. The van der Waals surface area contributed by atoms with Crippen molar-refractivity contribution in [2.75, 3.05) is 19.8 Å². The Morgan fingerprint density at radius 3 is 2.07 bits per heavy atom. The van der Waals surface area contributed by atoms with E-state index in [2.05, 4.69) is 43.4 Å². The number of amides is 1. The van der Waals surface area contributed by atoms with Gasteiger partial charge in [0.15, 0.2) is 0 Å². The zero-order valence-corrected chi connectivity index (χ0v) is 53.4. The van der Waals surface area contributed by atoms with Gasteiger partial charge in [-0.05, 0) is 103 Å². The minimum atomic E-state index is -4.98. The first-order valence-corrected chi connectivity index (χ1v) is 34.3. The number of allylic oxidation sites excluding steroid dienone is 3. The number of carbonyl (C=O) groups excluding carboxylic acids is 1. The van der Waals surface area contributed by atoms with Gasteiger partial charge in [-0.25, -0.2) is 8.37 Å². The summed E-state index contributed by atoms with van der Waals surface area (Å²) in [5, 5.41) is 55.5. The van der Waals surface area contributed by atoms with Crippen LogP contribution in [0.25, 0.3) is 0 Å². The molecule has 0 bridgehead atoms. The van der Waals surface area contributed by atoms with Gasteiger partial charge in [0, 0.05) is 57.9 Å². The second kappa shape index (κ2) is 25.2. The maximum absolute atomic E-state index is 12.4. The quantitative estimate of drug-likeness (QED) is 0.0474. The van der Waals surface area contributed by atoms with Gasteiger partial charge in [-0.3, -0.25) is 13.9 Å². The van der Waals surface area contributed by atoms with Crippen LogP contribution in [-0.2, 0) is 86.1 Å². The van der Waals surface area contributed by atoms with E-state index in [-0.39, 0.29) is 74.4 Å². The summed E-state index contributed by atoms with van der Waals surface area (Å²) >= 11 is 0. The van der Waals surface area contributed by atoms with Gasteiger partial charge >= 0.3 is 20.8 Å². The second-order valence-corrected chi connectivity index (χ2v) is 30.6. The second-order valence-electron chi connectivity index (χ2n) is 28.4. The van der Waals surface area contributed by atoms with Crippen LogP contribution in [0.15, 0.2) is 48.3 Å². The Morgan fingerprint density at radius 1 is 0.753 bits per heavy atom. The third-order valence-corrected chi connectivity index (χ3v) is 22.2. The maximum Gasteiger partial charge on any atom is 0.397 e. The topological polar surface area (TPSA) is 359 Å². The molecule has 1 amide bonds. The SMILES string of the molecule is C=C(/C=C(\O)CC(=O)NCC(O)CO)C/C=C/[C@@](C)(O)[C@H]1O[C@@H]2C[C@@H]3O[C@@H]4C[C@@H]5O[C@@H]6C[C@@H]7O[C@@H]8C[C@@H]9O[C@]%10(C)C[C@@H]%11O[C@](C)(CCOS(=O)(=O)O)[C@@H](OS(=O)(=O)O)C[C@H]%11O[C@H]%10C[C@H]9O[C@H]8CC[C@@]7(C)O[C@@]6(C)CC[C@H](C)[C@H]5O[C@H]4[C@@H](O)[C@]3(C)O[C@H]2CC1=C. The molecule has 0 spiro atoms. The molecule has 0 radical (unpaired) electrons. The monoisotopic (exact) mass is 1300 g/mol. The molecule has 0 aromatic heterocycles. The van der Waals surface area contributed by atoms with Crippen LogP contribution in [-0.4, -0.2) is 233 Å². The fourth-order valence-corrected chi connectivity index (χ4v) is 17.3. The Bertz CT molecular complexity index is 2930. The third kappa shape index (κ3) is 14.2. The molecule has 11 aliphatic heterocycles. The standard InChI is InChI=1S/C61H93NO25S2/c1-31(19-34(64)21-51(66)62-29-35(65)30-63)11-10-14-56(4,68)55-33(3)20-41-39(81-55)26-50-61(9,85-41)54(67)53-44(80-50)23-43-52(82-53)32(2)12-15-58(6)48(79-43)27-47-59(7,87-58)16-13-36-37(77-47)22-42-38(76-36)24-46-60(8,83-42)28-45-40(78-46)25-49(86-89(72,73)74)57(5,84-45)17-18-75-88(69,70)71/h10,14,19,32,35-50,52-55,63-65,67-68H,1,3,11-13,15-18,20-30H2,2,4-9H3,(H,62,66)(H,69,70,71)(H,72,73,74)/b14-10+,34-19-/t32-,35?,36-,37+,38+,39+,40+,41-,42-,43-,44+,45-,46-,47-,48+,49-,50-,52+,53+,54+,55-,56+,57+,58-,59+,60+,61+/m0/s1. The highest BCUT2D eigenvalue weighted by Crippen LogP contribution is 2.55. The number of hydrogen-bond acceptors (Lipinski definition) is 23. The Hall–Kier alpha value is -2.63. The van der Waals surface area contributed by atoms with Crippen LogP contribution in [0.1, 0.15) is 145 Å². The molecule has 0 saturated carbocycles. The molecule has 0 aromatic carbocycles. The van der Waals surface area contributed by atoms with E-state index in [4.69, 9.17) is 61.4 Å². The van der Waals surface area contributed by atoms with Crippen molar-refractivity contribution in [3.8, 4) is 0 Å². The fourth-order valence-electron chi connectivity index (χ4n) is 16.4. The zero-order chi connectivity index (χ0) is 64.2. The van der Waals surface area contributed by atoms with E-state index in [1.165, 1.54) is 13.0 Å². The average Bonchev–Trinajstić information content (AvgIpc) is 1.43. The highest BCUT2D eigenvalue weighted by molar-refractivity contribution is 7.81. The van der Waals surface area contributed by atoms with Gasteiger partial charge in [-0.15, -0.1) is 0 Å². The van der Waals surface area contributed by atoms with Crippen LogP contribution in [0.2, 0.25) is 0 Å². The number of hydrogen-bond donors (Lipinski definition) is 8. The fraction of sp³-hybridized carbons (Fsp3) is 0.852. The number of rotatable bonds is 16. The van der Waals surface area contributed by atoms with Crippen molar-refractivity contribution in [2.24, 2.45) is 5.92 Å². The molecule has 11 aliphatic rings. The molecule has 11 fully saturated rings. The first-order chi connectivity index (χ1) is 41.6. The summed E-state index contributed by atoms with van der Waals surface area (Å²) in [5.74, 6) is -0.762. The van der Waals surface area contributed by atoms with Gasteiger partial charge in [0.05, 0.1) is 140 Å². The van der Waals surface area contributed by atoms with E-state index in [9.17, 15) is 51.2 Å². The summed E-state index contributed by atoms with van der Waals surface area (Å²) in [7, 11) is -9.79. The number of carbonyl (C=O) groups is 1. The lowest BCUT2D eigenvalue weighted by molar-refractivity contribution is -0.369. The zero-order valence-electron chi connectivity index (χ0n) is 51.8. The molecule has 26 nitrogen and oxygen atoms in total. The Morgan fingerprint density at radius 2 is 1.37 bits per heavy atom. The first kappa shape index (κ1) is 67.8. The summed E-state index contributed by atoms with van der Waals surface area (Å²) in [4.78, 5) is 12.1. The average molecular weight is 1300 g/mol. The minimum Gasteiger partial charge on any atom is -0.512 e. The van der Waals surface area contributed by atoms with Crippen LogP contribution in [0.3, 0.4) is 0 Å². The highest BCUT2D eigenvalue weighted by Gasteiger charge is 2.66. The molecule has 0 aliphatic carbocycles. The van der Waals surface area contributed by atoms with Gasteiger partial charge < -0.3 is 83.0 Å². The number of nitrogens with one attached hydrogen (secondary N) is 1. The summed E-state index contributed by atoms with van der Waals surface area (Å²) in [6, 6.07) is 0. The molecular formula is C61H93NO25S2. The van der Waals surface area contributed by atoms with E-state index in [1.54, 1.807) is 19.1 Å². The van der Waals surface area contributed by atoms with E-state index in [0.29, 0.717) is 75.4 Å². The van der Waals surface area contributed by atoms with Crippen LogP contribution in [0, 0.1) is 5.92 Å². The summed E-state index contributed by atoms with van der Waals surface area (Å²) in [5.41, 5.74) is -5.39. The van der Waals surface area contributed by atoms with Crippen molar-refractivity contribution in [1.82, 2.24) is 5.32 Å². The Kier molecular flexibility index (Phi) is 19.2. The minimum absolute atomic E-state index is 0.0226. The smallest absolute Gasteiger partial charge is 0.397 e. The largest absolute Gasteiger partial charge is 0.512 e. The van der Waals surface area contributed by atoms with E-state index in [0.717, 1.165) is 6.42 Å². The van der Waals surface area contributed by atoms with Crippen molar-refractivity contribution >= 4 is 26.7 Å². The number of aliphatic hydroxyl groups is 5. The Balaban J connectivity index is 0.723. The predicted molar refractivity (Wildman–Crippen MR) is 312 cm³/mol. The van der Waals surface area contributed by atoms with Gasteiger partial charge in [-0.2, -0.15) is 16.8 Å². The van der Waals surface area contributed by atoms with Crippen LogP contribution in [0.4, 0.5) is 0 Å². The van der Waals surface area contributed by atoms with Crippen molar-refractivity contribution in [3.05, 3.63) is 48.3 Å². The van der Waals surface area contributed by atoms with Crippen molar-refractivity contribution in [1.29, 1.82) is 0 Å². The lowest BCUT2D eigenvalue weighted by Gasteiger charge is -2.61. The molecule has 11 saturated heterocycles. The van der Waals surface area contributed by atoms with Gasteiger partial charge in [0.2, 0.25) is 5.91 Å². The van der Waals surface area contributed by atoms with Crippen molar-refractivity contribution in [3.63, 3.8) is 0 Å². The molecule has 27 atom stereocenters. The summed E-state index contributed by atoms with van der Waals surface area (Å²) in [6.45, 7) is 20.4. The van der Waals surface area contributed by atoms with Crippen LogP contribution in [0.5, 0.6) is 0 Å². The summed E-state index contributed by atoms with van der Waals surface area (Å²) in [6.07, 6.45) is -1.99. The highest BCUT2D eigenvalue weighted by atomic mass is 32.3. The molecule has 504 valence electrons. The lowest BCUT2D eigenvalue weighted by Crippen LogP contribution is -2.74. The van der Waals surface area contributed by atoms with E-state index < -0.39 is 165 Å². The molecule has 1 unspecified atom stereocenters. The van der Waals surface area contributed by atoms with Gasteiger partial charge in [0.1, 0.15) is 41.4 Å². The van der Waals surface area contributed by atoms with E-state index >= 15 is 0 Å². The van der Waals surface area contributed by atoms with E-state index in [1.807, 2.05) is 13.8 Å². The molecule has 89 heavy (non-hydrogen) atoms. The number of ether oxygens (including phenoxy) is 11. The maximum atomic E-state index is 12.4. The molecule has 0 aromatic rings. The lowest BCUT2D eigenvalue weighted by atomic mass is 9.73. The summed E-state index contributed by atoms with van der Waals surface area (Å²) < 4.78 is 152. The van der Waals surface area contributed by atoms with Crippen molar-refractivity contribution < 1.29 is 117 Å². The van der Waals surface area contributed by atoms with Crippen LogP contribution < -0.4 is 5.32 Å².